The fourth-order valence-corrected chi connectivity index (χ4v) is 5.02. The molecule has 2 fully saturated rings. The van der Waals surface area contributed by atoms with Crippen molar-refractivity contribution in [3.05, 3.63) is 52.5 Å². The van der Waals surface area contributed by atoms with Crippen molar-refractivity contribution in [3.8, 4) is 0 Å². The van der Waals surface area contributed by atoms with Gasteiger partial charge in [-0.15, -0.1) is 11.3 Å². The summed E-state index contributed by atoms with van der Waals surface area (Å²) in [6.45, 7) is 5.50. The number of hydrogen-bond acceptors (Lipinski definition) is 8. The lowest BCUT2D eigenvalue weighted by Gasteiger charge is -2.41. The smallest absolute Gasteiger partial charge is 0.475 e. The average Bonchev–Trinajstić information content (AvgIpc) is 3.59. The Kier molecular flexibility index (Phi) is 15.2. The molecule has 10 nitrogen and oxygen atoms in total. The van der Waals surface area contributed by atoms with Crippen molar-refractivity contribution in [2.75, 3.05) is 26.7 Å². The van der Waals surface area contributed by atoms with Gasteiger partial charge in [0, 0.05) is 69.1 Å². The number of alkyl halides is 9. The second-order valence-electron chi connectivity index (χ2n) is 9.30. The molecule has 0 amide bonds. The standard InChI is InChI=1S/C19H25N3OS.3C2HF3O2/c1-23-19-6-9-22(12-16-3-2-10-24-16)18-14-21(13-17(18)19)11-15-4-7-20-8-5-15;3*3-2(4,5)1(6)7/h2-5,7-8,10,17-19H,6,9,11-14H2,1H3;3*(H,6,7)/t17-,18+,19-;;;/m0.../s1. The zero-order valence-corrected chi connectivity index (χ0v) is 24.0. The van der Waals surface area contributed by atoms with Crippen molar-refractivity contribution in [1.29, 1.82) is 0 Å². The van der Waals surface area contributed by atoms with Crippen LogP contribution in [0.3, 0.4) is 0 Å². The van der Waals surface area contributed by atoms with E-state index in [1.165, 1.54) is 10.4 Å². The van der Waals surface area contributed by atoms with E-state index in [9.17, 15) is 39.5 Å². The summed E-state index contributed by atoms with van der Waals surface area (Å²) in [4.78, 5) is 37.5. The van der Waals surface area contributed by atoms with Crippen LogP contribution in [0.1, 0.15) is 16.9 Å². The van der Waals surface area contributed by atoms with E-state index < -0.39 is 36.4 Å². The number of nitrogens with zero attached hydrogens (tertiary/aromatic N) is 3. The number of thiophene rings is 1. The number of likely N-dealkylation sites (tertiary alicyclic amines) is 2. The topological polar surface area (TPSA) is 140 Å². The van der Waals surface area contributed by atoms with Gasteiger partial charge in [-0.3, -0.25) is 14.8 Å². The second kappa shape index (κ2) is 17.3. The molecule has 0 aliphatic carbocycles. The normalized spacial score (nSPS) is 20.3. The predicted molar refractivity (Wildman–Crippen MR) is 138 cm³/mol. The van der Waals surface area contributed by atoms with Crippen LogP contribution in [0.2, 0.25) is 0 Å². The molecule has 0 bridgehead atoms. The molecule has 2 aromatic heterocycles. The molecule has 3 N–H and O–H groups in total. The quantitative estimate of drug-likeness (QED) is 0.378. The van der Waals surface area contributed by atoms with Gasteiger partial charge in [0.1, 0.15) is 0 Å². The molecule has 0 radical (unpaired) electrons. The van der Waals surface area contributed by atoms with Crippen LogP contribution in [0.5, 0.6) is 0 Å². The Morgan fingerprint density at radius 3 is 1.76 bits per heavy atom. The third kappa shape index (κ3) is 14.4. The van der Waals surface area contributed by atoms with Crippen LogP contribution < -0.4 is 0 Å². The van der Waals surface area contributed by atoms with Gasteiger partial charge >= 0.3 is 36.4 Å². The zero-order chi connectivity index (χ0) is 34.6. The summed E-state index contributed by atoms with van der Waals surface area (Å²) < 4.78 is 101. The van der Waals surface area contributed by atoms with E-state index in [0.717, 1.165) is 39.1 Å². The molecule has 0 aromatic carbocycles. The Labute approximate surface area is 253 Å². The van der Waals surface area contributed by atoms with Crippen LogP contribution in [0.4, 0.5) is 39.5 Å². The SMILES string of the molecule is CO[C@H]1CCN(Cc2cccs2)[C@@H]2CN(Cc3ccncc3)C[C@H]12.O=C(O)C(F)(F)F.O=C(O)C(F)(F)F.O=C(O)C(F)(F)F. The summed E-state index contributed by atoms with van der Waals surface area (Å²) in [6, 6.07) is 9.26. The van der Waals surface area contributed by atoms with Crippen molar-refractivity contribution in [1.82, 2.24) is 14.8 Å². The maximum absolute atomic E-state index is 10.6. The molecule has 3 atom stereocenters. The van der Waals surface area contributed by atoms with E-state index in [2.05, 4.69) is 44.4 Å². The number of pyridine rings is 1. The third-order valence-corrected chi connectivity index (χ3v) is 7.04. The molecular weight excluding hydrogens is 657 g/mol. The van der Waals surface area contributed by atoms with Crippen molar-refractivity contribution < 1.29 is 74.0 Å². The molecule has 4 heterocycles. The minimum Gasteiger partial charge on any atom is -0.475 e. The van der Waals surface area contributed by atoms with Gasteiger partial charge in [0.15, 0.2) is 0 Å². The lowest BCUT2D eigenvalue weighted by atomic mass is 9.89. The Morgan fingerprint density at radius 2 is 1.36 bits per heavy atom. The molecule has 2 aliphatic heterocycles. The van der Waals surface area contributed by atoms with E-state index in [1.54, 1.807) is 0 Å². The van der Waals surface area contributed by atoms with Crippen molar-refractivity contribution >= 4 is 29.2 Å². The summed E-state index contributed by atoms with van der Waals surface area (Å²) in [6.07, 6.45) is -9.93. The van der Waals surface area contributed by atoms with Crippen LogP contribution in [0.25, 0.3) is 0 Å². The molecule has 2 aliphatic rings. The van der Waals surface area contributed by atoms with Crippen LogP contribution in [0.15, 0.2) is 42.0 Å². The lowest BCUT2D eigenvalue weighted by Crippen LogP contribution is -2.50. The Balaban J connectivity index is 0.000000396. The third-order valence-electron chi connectivity index (χ3n) is 6.18. The largest absolute Gasteiger partial charge is 0.490 e. The van der Waals surface area contributed by atoms with E-state index in [4.69, 9.17) is 34.4 Å². The summed E-state index contributed by atoms with van der Waals surface area (Å²) in [5.74, 6) is -7.65. The molecular formula is C25H28F9N3O7S. The molecule has 2 saturated heterocycles. The van der Waals surface area contributed by atoms with E-state index >= 15 is 0 Å². The van der Waals surface area contributed by atoms with Gasteiger partial charge in [-0.25, -0.2) is 14.4 Å². The number of carboxylic acid groups (broad SMARTS) is 3. The van der Waals surface area contributed by atoms with Crippen LogP contribution in [-0.4, -0.2) is 105 Å². The molecule has 20 heteroatoms. The lowest BCUT2D eigenvalue weighted by molar-refractivity contribution is -0.193. The van der Waals surface area contributed by atoms with Gasteiger partial charge in [-0.05, 0) is 35.6 Å². The van der Waals surface area contributed by atoms with Gasteiger partial charge in [0.2, 0.25) is 0 Å². The first kappa shape index (κ1) is 39.5. The molecule has 45 heavy (non-hydrogen) atoms. The van der Waals surface area contributed by atoms with Gasteiger partial charge in [0.05, 0.1) is 6.10 Å². The highest BCUT2D eigenvalue weighted by Gasteiger charge is 2.44. The fraction of sp³-hybridized carbons (Fsp3) is 0.520. The minimum atomic E-state index is -5.08. The maximum atomic E-state index is 10.6. The number of aromatic nitrogens is 1. The first-order chi connectivity index (χ1) is 20.7. The monoisotopic (exact) mass is 685 g/mol. The van der Waals surface area contributed by atoms with E-state index in [0.29, 0.717) is 18.1 Å². The number of ether oxygens (including phenoxy) is 1. The number of carboxylic acids is 3. The Morgan fingerprint density at radius 1 is 0.867 bits per heavy atom. The summed E-state index contributed by atoms with van der Waals surface area (Å²) >= 11 is 1.87. The number of fused-ring (bicyclic) bond motifs is 1. The second-order valence-corrected chi connectivity index (χ2v) is 10.3. The highest BCUT2D eigenvalue weighted by Crippen LogP contribution is 2.34. The molecule has 0 unspecified atom stereocenters. The number of rotatable bonds is 5. The molecule has 2 aromatic rings. The van der Waals surface area contributed by atoms with E-state index in [1.807, 2.05) is 30.8 Å². The molecule has 4 rings (SSSR count). The summed E-state index contributed by atoms with van der Waals surface area (Å²) in [7, 11) is 1.88. The molecule has 0 spiro atoms. The highest BCUT2D eigenvalue weighted by atomic mass is 32.1. The van der Waals surface area contributed by atoms with Gasteiger partial charge in [0.25, 0.3) is 0 Å². The highest BCUT2D eigenvalue weighted by molar-refractivity contribution is 7.09. The van der Waals surface area contributed by atoms with Gasteiger partial charge in [-0.1, -0.05) is 6.07 Å². The number of aliphatic carboxylic acids is 3. The number of halogens is 9. The van der Waals surface area contributed by atoms with Crippen LogP contribution >= 0.6 is 11.3 Å². The molecule has 254 valence electrons. The van der Waals surface area contributed by atoms with Crippen molar-refractivity contribution in [2.24, 2.45) is 5.92 Å². The van der Waals surface area contributed by atoms with Crippen molar-refractivity contribution in [3.63, 3.8) is 0 Å². The Bertz CT molecular complexity index is 1140. The number of piperidine rings is 1. The van der Waals surface area contributed by atoms with Crippen molar-refractivity contribution in [2.45, 2.75) is 50.2 Å². The van der Waals surface area contributed by atoms with Gasteiger partial charge in [-0.2, -0.15) is 39.5 Å². The number of methoxy groups -OCH3 is 1. The maximum Gasteiger partial charge on any atom is 0.490 e. The number of hydrogen-bond donors (Lipinski definition) is 3. The zero-order valence-electron chi connectivity index (χ0n) is 23.1. The first-order valence-electron chi connectivity index (χ1n) is 12.5. The summed E-state index contributed by atoms with van der Waals surface area (Å²) in [5, 5.41) is 23.6. The first-order valence-corrected chi connectivity index (χ1v) is 13.4. The predicted octanol–water partition coefficient (Wildman–Crippen LogP) is 4.76. The van der Waals surface area contributed by atoms with Crippen LogP contribution in [0, 0.1) is 5.92 Å². The molecule has 0 saturated carbocycles. The minimum absolute atomic E-state index is 0.400. The summed E-state index contributed by atoms with van der Waals surface area (Å²) in [5.41, 5.74) is 1.35. The van der Waals surface area contributed by atoms with Crippen LogP contribution in [-0.2, 0) is 32.2 Å². The fourth-order valence-electron chi connectivity index (χ4n) is 4.29. The van der Waals surface area contributed by atoms with E-state index in [-0.39, 0.29) is 0 Å². The Hall–Kier alpha value is -3.49. The number of carbonyl (C=O) groups is 3. The average molecular weight is 686 g/mol. The van der Waals surface area contributed by atoms with Gasteiger partial charge < -0.3 is 20.1 Å².